The van der Waals surface area contributed by atoms with E-state index in [-0.39, 0.29) is 24.6 Å². The van der Waals surface area contributed by atoms with Crippen molar-refractivity contribution in [3.63, 3.8) is 0 Å². The molecular weight excluding hydrogens is 344 g/mol. The molecule has 1 N–H and O–H groups in total. The molecule has 0 aliphatic heterocycles. The lowest BCUT2D eigenvalue weighted by molar-refractivity contribution is -0.148. The van der Waals surface area contributed by atoms with Crippen LogP contribution < -0.4 is 5.32 Å². The number of unbranched alkanes of at least 4 members (excludes halogenated alkanes) is 5. The second-order valence-electron chi connectivity index (χ2n) is 7.48. The maximum absolute atomic E-state index is 12.1. The lowest BCUT2D eigenvalue weighted by Gasteiger charge is -2.19. The standard InChI is InChI=1S/C21H42N2O4/c1-6-8-9-10-11-12-13-19(14-15-20(24)26-18(3)4)27-21(25)22-16-17-23(5)7-2/h18-19H,6-17H2,1-5H3,(H,22,25). The Labute approximate surface area is 166 Å². The number of carbonyl (C=O) groups excluding carboxylic acids is 2. The number of hydrogen-bond donors (Lipinski definition) is 1. The molecule has 6 heteroatoms. The molecule has 0 aromatic carbocycles. The summed E-state index contributed by atoms with van der Waals surface area (Å²) in [4.78, 5) is 26.0. The molecule has 0 bridgehead atoms. The third-order valence-electron chi connectivity index (χ3n) is 4.49. The van der Waals surface area contributed by atoms with E-state index in [0.717, 1.165) is 32.4 Å². The smallest absolute Gasteiger partial charge is 0.407 e. The van der Waals surface area contributed by atoms with E-state index in [0.29, 0.717) is 13.0 Å². The van der Waals surface area contributed by atoms with Crippen LogP contribution in [0.5, 0.6) is 0 Å². The Hall–Kier alpha value is -1.30. The Morgan fingerprint density at radius 3 is 2.26 bits per heavy atom. The maximum Gasteiger partial charge on any atom is 0.407 e. The van der Waals surface area contributed by atoms with Crippen molar-refractivity contribution in [1.82, 2.24) is 10.2 Å². The molecule has 0 spiro atoms. The quantitative estimate of drug-likeness (QED) is 0.312. The second kappa shape index (κ2) is 16.8. The Kier molecular flexibility index (Phi) is 16.0. The molecule has 0 aromatic rings. The minimum atomic E-state index is -0.396. The number of rotatable bonds is 16. The van der Waals surface area contributed by atoms with Gasteiger partial charge in [-0.25, -0.2) is 4.79 Å². The minimum Gasteiger partial charge on any atom is -0.463 e. The van der Waals surface area contributed by atoms with E-state index in [1.165, 1.54) is 25.7 Å². The SMILES string of the molecule is CCCCCCCCC(CCC(=O)OC(C)C)OC(=O)NCCN(C)CC. The number of alkyl carbamates (subject to hydrolysis) is 1. The fraction of sp³-hybridized carbons (Fsp3) is 0.905. The van der Waals surface area contributed by atoms with Crippen molar-refractivity contribution >= 4 is 12.1 Å². The molecule has 0 heterocycles. The van der Waals surface area contributed by atoms with Crippen LogP contribution in [0.1, 0.15) is 85.5 Å². The monoisotopic (exact) mass is 386 g/mol. The minimum absolute atomic E-state index is 0.116. The summed E-state index contributed by atoms with van der Waals surface area (Å²) in [5.74, 6) is -0.230. The molecule has 0 radical (unpaired) electrons. The van der Waals surface area contributed by atoms with E-state index >= 15 is 0 Å². The predicted molar refractivity (Wildman–Crippen MR) is 110 cm³/mol. The van der Waals surface area contributed by atoms with Gasteiger partial charge in [0.25, 0.3) is 0 Å². The summed E-state index contributed by atoms with van der Waals surface area (Å²) >= 11 is 0. The number of likely N-dealkylation sites (N-methyl/N-ethyl adjacent to an activating group) is 1. The summed E-state index contributed by atoms with van der Waals surface area (Å²) in [6.07, 6.45) is 7.98. The van der Waals surface area contributed by atoms with Gasteiger partial charge < -0.3 is 19.7 Å². The third kappa shape index (κ3) is 16.6. The second-order valence-corrected chi connectivity index (χ2v) is 7.48. The van der Waals surface area contributed by atoms with Crippen LogP contribution in [-0.2, 0) is 14.3 Å². The van der Waals surface area contributed by atoms with E-state index < -0.39 is 6.09 Å². The topological polar surface area (TPSA) is 67.9 Å². The maximum atomic E-state index is 12.1. The molecule has 0 saturated carbocycles. The van der Waals surface area contributed by atoms with Crippen LogP contribution in [0.25, 0.3) is 0 Å². The first-order valence-corrected chi connectivity index (χ1v) is 10.7. The van der Waals surface area contributed by atoms with Gasteiger partial charge in [0, 0.05) is 19.5 Å². The average Bonchev–Trinajstić information content (AvgIpc) is 2.61. The zero-order valence-electron chi connectivity index (χ0n) is 18.2. The van der Waals surface area contributed by atoms with Crippen molar-refractivity contribution < 1.29 is 19.1 Å². The molecule has 6 nitrogen and oxygen atoms in total. The highest BCUT2D eigenvalue weighted by atomic mass is 16.6. The molecule has 1 unspecified atom stereocenters. The van der Waals surface area contributed by atoms with Gasteiger partial charge in [0.15, 0.2) is 0 Å². The van der Waals surface area contributed by atoms with Gasteiger partial charge in [-0.05, 0) is 46.7 Å². The Balaban J connectivity index is 4.27. The molecule has 0 saturated heterocycles. The van der Waals surface area contributed by atoms with E-state index in [9.17, 15) is 9.59 Å². The lowest BCUT2D eigenvalue weighted by Crippen LogP contribution is -2.35. The molecular formula is C21H42N2O4. The highest BCUT2D eigenvalue weighted by molar-refractivity contribution is 5.70. The first kappa shape index (κ1) is 25.7. The first-order chi connectivity index (χ1) is 12.9. The number of esters is 1. The predicted octanol–water partition coefficient (Wildman–Crippen LogP) is 4.52. The zero-order chi connectivity index (χ0) is 20.5. The molecule has 0 aromatic heterocycles. The van der Waals surface area contributed by atoms with Gasteiger partial charge in [-0.1, -0.05) is 46.0 Å². The average molecular weight is 387 g/mol. The Morgan fingerprint density at radius 1 is 0.963 bits per heavy atom. The van der Waals surface area contributed by atoms with Crippen LogP contribution in [0.3, 0.4) is 0 Å². The molecule has 0 rings (SSSR count). The molecule has 27 heavy (non-hydrogen) atoms. The normalized spacial score (nSPS) is 12.3. The van der Waals surface area contributed by atoms with Crippen LogP contribution >= 0.6 is 0 Å². The van der Waals surface area contributed by atoms with Gasteiger partial charge in [0.1, 0.15) is 6.10 Å². The van der Waals surface area contributed by atoms with Crippen molar-refractivity contribution in [2.24, 2.45) is 0 Å². The van der Waals surface area contributed by atoms with Crippen LogP contribution in [0.2, 0.25) is 0 Å². The van der Waals surface area contributed by atoms with Gasteiger partial charge in [-0.2, -0.15) is 0 Å². The van der Waals surface area contributed by atoms with Crippen molar-refractivity contribution in [3.8, 4) is 0 Å². The van der Waals surface area contributed by atoms with Crippen LogP contribution in [-0.4, -0.2) is 55.9 Å². The Morgan fingerprint density at radius 2 is 1.63 bits per heavy atom. The van der Waals surface area contributed by atoms with Gasteiger partial charge in [-0.15, -0.1) is 0 Å². The van der Waals surface area contributed by atoms with E-state index in [4.69, 9.17) is 9.47 Å². The van der Waals surface area contributed by atoms with Gasteiger partial charge in [0.2, 0.25) is 0 Å². The summed E-state index contributed by atoms with van der Waals surface area (Å²) in [6.45, 7) is 10.2. The third-order valence-corrected chi connectivity index (χ3v) is 4.49. The number of nitrogens with one attached hydrogen (secondary N) is 1. The number of carbonyl (C=O) groups is 2. The van der Waals surface area contributed by atoms with Gasteiger partial charge in [0.05, 0.1) is 6.10 Å². The summed E-state index contributed by atoms with van der Waals surface area (Å²) < 4.78 is 10.8. The van der Waals surface area contributed by atoms with Gasteiger partial charge in [-0.3, -0.25) is 4.79 Å². The molecule has 0 aliphatic rings. The number of ether oxygens (including phenoxy) is 2. The highest BCUT2D eigenvalue weighted by Gasteiger charge is 2.17. The van der Waals surface area contributed by atoms with Crippen molar-refractivity contribution in [3.05, 3.63) is 0 Å². The highest BCUT2D eigenvalue weighted by Crippen LogP contribution is 2.15. The molecule has 1 atom stereocenters. The summed E-state index contributed by atoms with van der Waals surface area (Å²) in [7, 11) is 2.01. The van der Waals surface area contributed by atoms with E-state index in [1.54, 1.807) is 0 Å². The Bertz CT molecular complexity index is 388. The van der Waals surface area contributed by atoms with Gasteiger partial charge >= 0.3 is 12.1 Å². The number of nitrogens with zero attached hydrogens (tertiary/aromatic N) is 1. The fourth-order valence-corrected chi connectivity index (χ4v) is 2.72. The zero-order valence-corrected chi connectivity index (χ0v) is 18.2. The fourth-order valence-electron chi connectivity index (χ4n) is 2.72. The molecule has 1 amide bonds. The number of hydrogen-bond acceptors (Lipinski definition) is 5. The molecule has 160 valence electrons. The molecule has 0 fully saturated rings. The van der Waals surface area contributed by atoms with Crippen LogP contribution in [0.4, 0.5) is 4.79 Å². The molecule has 0 aliphatic carbocycles. The van der Waals surface area contributed by atoms with Crippen molar-refractivity contribution in [2.45, 2.75) is 97.7 Å². The summed E-state index contributed by atoms with van der Waals surface area (Å²) in [5, 5.41) is 2.80. The van der Waals surface area contributed by atoms with Crippen molar-refractivity contribution in [1.29, 1.82) is 0 Å². The lowest BCUT2D eigenvalue weighted by atomic mass is 10.0. The van der Waals surface area contributed by atoms with E-state index in [2.05, 4.69) is 24.1 Å². The summed E-state index contributed by atoms with van der Waals surface area (Å²) in [5.41, 5.74) is 0. The largest absolute Gasteiger partial charge is 0.463 e. The summed E-state index contributed by atoms with van der Waals surface area (Å²) in [6, 6.07) is 0. The van der Waals surface area contributed by atoms with Crippen LogP contribution in [0, 0.1) is 0 Å². The van der Waals surface area contributed by atoms with Crippen molar-refractivity contribution in [2.75, 3.05) is 26.7 Å². The van der Waals surface area contributed by atoms with E-state index in [1.807, 2.05) is 20.9 Å². The van der Waals surface area contributed by atoms with Crippen LogP contribution in [0.15, 0.2) is 0 Å². The first-order valence-electron chi connectivity index (χ1n) is 10.7. The number of amides is 1.